The predicted octanol–water partition coefficient (Wildman–Crippen LogP) is 2.75. The van der Waals surface area contributed by atoms with Gasteiger partial charge < -0.3 is 24.4 Å². The maximum absolute atomic E-state index is 12.6. The number of fused-ring (bicyclic) bond motifs is 1. The van der Waals surface area contributed by atoms with Gasteiger partial charge in [-0.1, -0.05) is 18.2 Å². The molecule has 0 aliphatic carbocycles. The van der Waals surface area contributed by atoms with Crippen molar-refractivity contribution in [2.75, 3.05) is 37.8 Å². The minimum Gasteiger partial charge on any atom is -0.485 e. The van der Waals surface area contributed by atoms with Crippen LogP contribution in [0.3, 0.4) is 0 Å². The molecule has 2 aromatic carbocycles. The van der Waals surface area contributed by atoms with Crippen LogP contribution >= 0.6 is 0 Å². The van der Waals surface area contributed by atoms with E-state index >= 15 is 0 Å². The van der Waals surface area contributed by atoms with Gasteiger partial charge in [0.25, 0.3) is 5.91 Å². The van der Waals surface area contributed by atoms with Gasteiger partial charge in [0.1, 0.15) is 11.5 Å². The second-order valence-electron chi connectivity index (χ2n) is 8.08. The molecule has 33 heavy (non-hydrogen) atoms. The SMILES string of the molecule is O=C(CCCN1C(=O)COc2ccc(C(=O)COc3ccccc3)cc21)NCC1CCCO1. The Kier molecular flexibility index (Phi) is 7.57. The number of rotatable bonds is 10. The molecule has 0 aromatic heterocycles. The van der Waals surface area contributed by atoms with Crippen LogP contribution < -0.4 is 19.7 Å². The molecule has 2 heterocycles. The monoisotopic (exact) mass is 452 g/mol. The summed E-state index contributed by atoms with van der Waals surface area (Å²) in [4.78, 5) is 38.9. The average molecular weight is 453 g/mol. The first-order valence-electron chi connectivity index (χ1n) is 11.3. The van der Waals surface area contributed by atoms with Crippen LogP contribution in [-0.4, -0.2) is 56.6 Å². The Morgan fingerprint density at radius 2 is 2.00 bits per heavy atom. The Labute approximate surface area is 192 Å². The van der Waals surface area contributed by atoms with Gasteiger partial charge in [-0.3, -0.25) is 14.4 Å². The largest absolute Gasteiger partial charge is 0.485 e. The number of ether oxygens (including phenoxy) is 3. The summed E-state index contributed by atoms with van der Waals surface area (Å²) in [5.41, 5.74) is 0.971. The lowest BCUT2D eigenvalue weighted by atomic mass is 10.1. The first-order chi connectivity index (χ1) is 16.1. The van der Waals surface area contributed by atoms with Gasteiger partial charge in [-0.2, -0.15) is 0 Å². The van der Waals surface area contributed by atoms with Gasteiger partial charge in [-0.15, -0.1) is 0 Å². The molecule has 1 atom stereocenters. The molecule has 2 aliphatic rings. The predicted molar refractivity (Wildman–Crippen MR) is 122 cm³/mol. The van der Waals surface area contributed by atoms with Gasteiger partial charge >= 0.3 is 0 Å². The molecule has 0 bridgehead atoms. The van der Waals surface area contributed by atoms with Crippen molar-refractivity contribution in [1.29, 1.82) is 0 Å². The Morgan fingerprint density at radius 3 is 2.79 bits per heavy atom. The minimum atomic E-state index is -0.201. The highest BCUT2D eigenvalue weighted by Crippen LogP contribution is 2.33. The first kappa shape index (κ1) is 22.8. The van der Waals surface area contributed by atoms with E-state index in [9.17, 15) is 14.4 Å². The third kappa shape index (κ3) is 6.10. The molecule has 8 heteroatoms. The Morgan fingerprint density at radius 1 is 1.15 bits per heavy atom. The van der Waals surface area contributed by atoms with E-state index in [0.29, 0.717) is 48.7 Å². The third-order valence-corrected chi connectivity index (χ3v) is 5.67. The number of carbonyl (C=O) groups is 3. The summed E-state index contributed by atoms with van der Waals surface area (Å²) < 4.78 is 16.6. The number of nitrogens with one attached hydrogen (secondary N) is 1. The lowest BCUT2D eigenvalue weighted by Crippen LogP contribution is -2.40. The highest BCUT2D eigenvalue weighted by molar-refractivity contribution is 6.02. The standard InChI is InChI=1S/C25H28N2O6/c28-22(16-32-19-6-2-1-3-7-19)18-10-11-23-21(14-18)27(25(30)17-33-23)12-4-9-24(29)26-15-20-8-5-13-31-20/h1-3,6-7,10-11,14,20H,4-5,8-9,12-13,15-17H2,(H,26,29). The van der Waals surface area contributed by atoms with Crippen molar-refractivity contribution >= 4 is 23.3 Å². The molecule has 2 aromatic rings. The van der Waals surface area contributed by atoms with Crippen LogP contribution in [0.4, 0.5) is 5.69 Å². The molecular formula is C25H28N2O6. The number of Topliss-reactive ketones (excluding diaryl/α,β-unsaturated/α-hetero) is 1. The van der Waals surface area contributed by atoms with Crippen LogP contribution in [0, 0.1) is 0 Å². The number of nitrogens with zero attached hydrogens (tertiary/aromatic N) is 1. The highest BCUT2D eigenvalue weighted by Gasteiger charge is 2.26. The fraction of sp³-hybridized carbons (Fsp3) is 0.400. The van der Waals surface area contributed by atoms with Crippen molar-refractivity contribution in [3.05, 3.63) is 54.1 Å². The van der Waals surface area contributed by atoms with E-state index in [1.807, 2.05) is 18.2 Å². The molecule has 8 nitrogen and oxygen atoms in total. The van der Waals surface area contributed by atoms with Gasteiger partial charge in [0.15, 0.2) is 19.0 Å². The lowest BCUT2D eigenvalue weighted by Gasteiger charge is -2.29. The van der Waals surface area contributed by atoms with Crippen LogP contribution in [0.1, 0.15) is 36.0 Å². The molecule has 1 unspecified atom stereocenters. The summed E-state index contributed by atoms with van der Waals surface area (Å²) in [7, 11) is 0. The van der Waals surface area contributed by atoms with Crippen LogP contribution in [0.2, 0.25) is 0 Å². The van der Waals surface area contributed by atoms with Crippen LogP contribution in [-0.2, 0) is 14.3 Å². The molecular weight excluding hydrogens is 424 g/mol. The van der Waals surface area contributed by atoms with Crippen molar-refractivity contribution in [1.82, 2.24) is 5.32 Å². The van der Waals surface area contributed by atoms with Crippen molar-refractivity contribution in [3.63, 3.8) is 0 Å². The quantitative estimate of drug-likeness (QED) is 0.557. The zero-order chi connectivity index (χ0) is 23.0. The van der Waals surface area contributed by atoms with E-state index in [0.717, 1.165) is 19.4 Å². The average Bonchev–Trinajstić information content (AvgIpc) is 3.37. The summed E-state index contributed by atoms with van der Waals surface area (Å²) in [5, 5.41) is 2.89. The highest BCUT2D eigenvalue weighted by atomic mass is 16.5. The molecule has 0 spiro atoms. The summed E-state index contributed by atoms with van der Waals surface area (Å²) >= 11 is 0. The Hall–Kier alpha value is -3.39. The maximum Gasteiger partial charge on any atom is 0.265 e. The third-order valence-electron chi connectivity index (χ3n) is 5.67. The normalized spacial score (nSPS) is 17.3. The molecule has 1 N–H and O–H groups in total. The molecule has 2 aliphatic heterocycles. The molecule has 174 valence electrons. The fourth-order valence-electron chi connectivity index (χ4n) is 3.89. The van der Waals surface area contributed by atoms with Crippen molar-refractivity contribution < 1.29 is 28.6 Å². The van der Waals surface area contributed by atoms with Crippen LogP contribution in [0.15, 0.2) is 48.5 Å². The molecule has 0 saturated carbocycles. The van der Waals surface area contributed by atoms with Crippen LogP contribution in [0.5, 0.6) is 11.5 Å². The lowest BCUT2D eigenvalue weighted by molar-refractivity contribution is -0.123. The van der Waals surface area contributed by atoms with Gasteiger partial charge in [-0.25, -0.2) is 0 Å². The van der Waals surface area contributed by atoms with E-state index < -0.39 is 0 Å². The topological polar surface area (TPSA) is 94.2 Å². The van der Waals surface area contributed by atoms with Gasteiger partial charge in [0, 0.05) is 31.7 Å². The van der Waals surface area contributed by atoms with Gasteiger partial charge in [0.05, 0.1) is 11.8 Å². The van der Waals surface area contributed by atoms with E-state index in [4.69, 9.17) is 14.2 Å². The van der Waals surface area contributed by atoms with Gasteiger partial charge in [0.2, 0.25) is 5.91 Å². The molecule has 1 saturated heterocycles. The number of carbonyl (C=O) groups excluding carboxylic acids is 3. The molecule has 0 radical (unpaired) electrons. The molecule has 4 rings (SSSR count). The second-order valence-corrected chi connectivity index (χ2v) is 8.08. The van der Waals surface area contributed by atoms with Crippen molar-refractivity contribution in [2.24, 2.45) is 0 Å². The summed E-state index contributed by atoms with van der Waals surface area (Å²) in [6.07, 6.45) is 2.90. The molecule has 1 fully saturated rings. The Balaban J connectivity index is 1.33. The number of hydrogen-bond donors (Lipinski definition) is 1. The smallest absolute Gasteiger partial charge is 0.265 e. The summed E-state index contributed by atoms with van der Waals surface area (Å²) in [6.45, 7) is 1.46. The van der Waals surface area contributed by atoms with Crippen LogP contribution in [0.25, 0.3) is 0 Å². The number of anilines is 1. The van der Waals surface area contributed by atoms with Crippen molar-refractivity contribution in [3.8, 4) is 11.5 Å². The number of amides is 2. The number of hydrogen-bond acceptors (Lipinski definition) is 6. The zero-order valence-corrected chi connectivity index (χ0v) is 18.5. The second kappa shape index (κ2) is 11.0. The zero-order valence-electron chi connectivity index (χ0n) is 18.5. The van der Waals surface area contributed by atoms with Gasteiger partial charge in [-0.05, 0) is 49.6 Å². The van der Waals surface area contributed by atoms with Crippen molar-refractivity contribution in [2.45, 2.75) is 31.8 Å². The summed E-state index contributed by atoms with van der Waals surface area (Å²) in [6, 6.07) is 14.1. The van der Waals surface area contributed by atoms with E-state index in [1.54, 1.807) is 35.2 Å². The first-order valence-corrected chi connectivity index (χ1v) is 11.3. The minimum absolute atomic E-state index is 0.0616. The fourth-order valence-corrected chi connectivity index (χ4v) is 3.89. The maximum atomic E-state index is 12.6. The number of para-hydroxylation sites is 1. The van der Waals surface area contributed by atoms with E-state index in [-0.39, 0.29) is 36.9 Å². The van der Waals surface area contributed by atoms with E-state index in [2.05, 4.69) is 5.32 Å². The number of ketones is 1. The summed E-state index contributed by atoms with van der Waals surface area (Å²) in [5.74, 6) is 0.689. The molecule has 2 amide bonds. The van der Waals surface area contributed by atoms with E-state index in [1.165, 1.54) is 0 Å². The number of benzene rings is 2. The Bertz CT molecular complexity index is 988.